The predicted octanol–water partition coefficient (Wildman–Crippen LogP) is 3.62. The van der Waals surface area contributed by atoms with E-state index in [1.165, 1.54) is 10.4 Å². The summed E-state index contributed by atoms with van der Waals surface area (Å²) in [4.78, 5) is 16.1. The van der Waals surface area contributed by atoms with E-state index in [-0.39, 0.29) is 5.76 Å². The van der Waals surface area contributed by atoms with E-state index >= 15 is 0 Å². The normalized spacial score (nSPS) is 18.7. The van der Waals surface area contributed by atoms with Crippen LogP contribution in [-0.4, -0.2) is 16.0 Å². The molecule has 22 heavy (non-hydrogen) atoms. The van der Waals surface area contributed by atoms with Gasteiger partial charge in [0.25, 0.3) is 0 Å². The van der Waals surface area contributed by atoms with Crippen LogP contribution >= 0.6 is 11.3 Å². The second kappa shape index (κ2) is 5.41. The maximum absolute atomic E-state index is 12.2. The third-order valence-corrected chi connectivity index (χ3v) is 5.49. The molecule has 5 heteroatoms. The van der Waals surface area contributed by atoms with E-state index in [0.717, 1.165) is 24.9 Å². The fourth-order valence-corrected chi connectivity index (χ4v) is 4.35. The molecule has 0 unspecified atom stereocenters. The molecule has 4 nitrogen and oxygen atoms in total. The molecule has 1 aliphatic heterocycles. The van der Waals surface area contributed by atoms with Crippen molar-refractivity contribution in [3.05, 3.63) is 56.7 Å². The van der Waals surface area contributed by atoms with Gasteiger partial charge in [-0.25, -0.2) is 4.79 Å². The first kappa shape index (κ1) is 13.8. The van der Waals surface area contributed by atoms with Gasteiger partial charge in [0.2, 0.25) is 0 Å². The third kappa shape index (κ3) is 2.12. The first-order valence-electron chi connectivity index (χ1n) is 7.66. The summed E-state index contributed by atoms with van der Waals surface area (Å²) in [6, 6.07) is 10.2. The highest BCUT2D eigenvalue weighted by Gasteiger charge is 2.27. The fourth-order valence-electron chi connectivity index (χ4n) is 3.43. The second-order valence-corrected chi connectivity index (χ2v) is 6.69. The van der Waals surface area contributed by atoms with Crippen LogP contribution in [0.3, 0.4) is 0 Å². The van der Waals surface area contributed by atoms with Crippen molar-refractivity contribution in [3.8, 4) is 0 Å². The minimum Gasteiger partial charge on any atom is -0.408 e. The Morgan fingerprint density at radius 1 is 1.32 bits per heavy atom. The number of hydrogen-bond donors (Lipinski definition) is 0. The molecule has 1 atom stereocenters. The van der Waals surface area contributed by atoms with Crippen LogP contribution in [-0.2, 0) is 13.1 Å². The number of benzene rings is 1. The molecule has 0 amide bonds. The first-order valence-corrected chi connectivity index (χ1v) is 8.54. The van der Waals surface area contributed by atoms with E-state index in [9.17, 15) is 4.79 Å². The van der Waals surface area contributed by atoms with Crippen LogP contribution in [0.2, 0.25) is 0 Å². The molecule has 3 aromatic rings. The van der Waals surface area contributed by atoms with E-state index in [1.54, 1.807) is 4.57 Å². The quantitative estimate of drug-likeness (QED) is 0.741. The Morgan fingerprint density at radius 3 is 3.05 bits per heavy atom. The molecular formula is C17H18N2O2S. The minimum absolute atomic E-state index is 0.271. The molecule has 2 aromatic heterocycles. The molecule has 0 bridgehead atoms. The van der Waals surface area contributed by atoms with Crippen molar-refractivity contribution in [2.75, 3.05) is 6.54 Å². The molecule has 0 N–H and O–H groups in total. The van der Waals surface area contributed by atoms with Gasteiger partial charge in [-0.15, -0.1) is 11.3 Å². The van der Waals surface area contributed by atoms with E-state index in [4.69, 9.17) is 4.42 Å². The topological polar surface area (TPSA) is 38.4 Å². The van der Waals surface area contributed by atoms with Crippen LogP contribution in [0.25, 0.3) is 11.1 Å². The fraction of sp³-hybridized carbons (Fsp3) is 0.353. The van der Waals surface area contributed by atoms with Crippen LogP contribution in [0.15, 0.2) is 44.9 Å². The molecule has 0 radical (unpaired) electrons. The average molecular weight is 314 g/mol. The highest BCUT2D eigenvalue weighted by atomic mass is 32.1. The summed E-state index contributed by atoms with van der Waals surface area (Å²) < 4.78 is 7.09. The standard InChI is InChI=1S/C17H18N2O2S/c1-2-13-12-8-10-22-16(12)7-9-18(13)11-19-14-5-3-4-6-15(14)21-17(19)20/h3-6,8,10,13H,2,7,9,11H2,1H3/t13-/m1/s1. The smallest absolute Gasteiger partial charge is 0.408 e. The lowest BCUT2D eigenvalue weighted by Gasteiger charge is -2.35. The molecule has 0 fully saturated rings. The number of fused-ring (bicyclic) bond motifs is 2. The number of oxazole rings is 1. The molecule has 0 aliphatic carbocycles. The van der Waals surface area contributed by atoms with Crippen LogP contribution in [0.1, 0.15) is 29.8 Å². The summed E-state index contributed by atoms with van der Waals surface area (Å²) in [5.74, 6) is -0.271. The van der Waals surface area contributed by atoms with Gasteiger partial charge in [-0.1, -0.05) is 19.1 Å². The average Bonchev–Trinajstić information content (AvgIpc) is 3.12. The second-order valence-electron chi connectivity index (χ2n) is 5.69. The van der Waals surface area contributed by atoms with Gasteiger partial charge in [0.05, 0.1) is 12.2 Å². The zero-order valence-corrected chi connectivity index (χ0v) is 13.3. The lowest BCUT2D eigenvalue weighted by Crippen LogP contribution is -2.37. The molecule has 114 valence electrons. The summed E-state index contributed by atoms with van der Waals surface area (Å²) in [6.45, 7) is 3.78. The molecular weight excluding hydrogens is 296 g/mol. The summed E-state index contributed by atoms with van der Waals surface area (Å²) in [5, 5.41) is 2.18. The van der Waals surface area contributed by atoms with Gasteiger partial charge < -0.3 is 4.42 Å². The van der Waals surface area contributed by atoms with Crippen LogP contribution < -0.4 is 5.76 Å². The summed E-state index contributed by atoms with van der Waals surface area (Å²) in [6.07, 6.45) is 2.11. The monoisotopic (exact) mass is 314 g/mol. The highest BCUT2D eigenvalue weighted by Crippen LogP contribution is 2.35. The molecule has 1 aromatic carbocycles. The number of hydrogen-bond acceptors (Lipinski definition) is 4. The van der Waals surface area contributed by atoms with E-state index in [1.807, 2.05) is 35.6 Å². The first-order chi connectivity index (χ1) is 10.8. The van der Waals surface area contributed by atoms with Gasteiger partial charge in [-0.3, -0.25) is 9.47 Å². The Bertz CT molecular complexity index is 861. The number of para-hydroxylation sites is 2. The molecule has 1 aliphatic rings. The van der Waals surface area contributed by atoms with Crippen molar-refractivity contribution >= 4 is 22.4 Å². The van der Waals surface area contributed by atoms with Crippen molar-refractivity contribution in [1.29, 1.82) is 0 Å². The molecule has 3 heterocycles. The Labute approximate surface area is 132 Å². The summed E-state index contributed by atoms with van der Waals surface area (Å²) in [5.41, 5.74) is 2.96. The lowest BCUT2D eigenvalue weighted by molar-refractivity contribution is 0.136. The van der Waals surface area contributed by atoms with Gasteiger partial charge in [0.15, 0.2) is 5.58 Å². The maximum Gasteiger partial charge on any atom is 0.421 e. The maximum atomic E-state index is 12.2. The highest BCUT2D eigenvalue weighted by molar-refractivity contribution is 7.10. The van der Waals surface area contributed by atoms with Crippen molar-refractivity contribution < 1.29 is 4.42 Å². The van der Waals surface area contributed by atoms with Gasteiger partial charge in [0.1, 0.15) is 0 Å². The van der Waals surface area contributed by atoms with Crippen molar-refractivity contribution in [3.63, 3.8) is 0 Å². The number of aromatic nitrogens is 1. The van der Waals surface area contributed by atoms with Crippen molar-refractivity contribution in [2.24, 2.45) is 0 Å². The number of rotatable bonds is 3. The van der Waals surface area contributed by atoms with Crippen molar-refractivity contribution in [2.45, 2.75) is 32.5 Å². The van der Waals surface area contributed by atoms with E-state index < -0.39 is 0 Å². The lowest BCUT2D eigenvalue weighted by atomic mass is 9.98. The van der Waals surface area contributed by atoms with Crippen LogP contribution in [0, 0.1) is 0 Å². The SMILES string of the molecule is CC[C@@H]1c2ccsc2CCN1Cn1c(=O)oc2ccccc21. The Kier molecular flexibility index (Phi) is 3.39. The Balaban J connectivity index is 1.71. The zero-order chi connectivity index (χ0) is 15.1. The van der Waals surface area contributed by atoms with E-state index in [0.29, 0.717) is 18.3 Å². The van der Waals surface area contributed by atoms with Gasteiger partial charge in [-0.05, 0) is 42.0 Å². The number of thiophene rings is 1. The van der Waals surface area contributed by atoms with Gasteiger partial charge in [0, 0.05) is 17.5 Å². The van der Waals surface area contributed by atoms with Gasteiger partial charge in [-0.2, -0.15) is 0 Å². The molecule has 4 rings (SSSR count). The third-order valence-electron chi connectivity index (χ3n) is 4.49. The van der Waals surface area contributed by atoms with Crippen LogP contribution in [0.5, 0.6) is 0 Å². The molecule has 0 saturated heterocycles. The predicted molar refractivity (Wildman–Crippen MR) is 88.2 cm³/mol. The zero-order valence-electron chi connectivity index (χ0n) is 12.5. The summed E-state index contributed by atoms with van der Waals surface area (Å²) in [7, 11) is 0. The van der Waals surface area contributed by atoms with Crippen LogP contribution in [0.4, 0.5) is 0 Å². The molecule has 0 saturated carbocycles. The molecule has 0 spiro atoms. The van der Waals surface area contributed by atoms with E-state index in [2.05, 4.69) is 23.3 Å². The summed E-state index contributed by atoms with van der Waals surface area (Å²) >= 11 is 1.85. The van der Waals surface area contributed by atoms with Gasteiger partial charge >= 0.3 is 5.76 Å². The Hall–Kier alpha value is -1.85. The number of nitrogens with zero attached hydrogens (tertiary/aromatic N) is 2. The largest absolute Gasteiger partial charge is 0.421 e. The minimum atomic E-state index is -0.271. The Morgan fingerprint density at radius 2 is 2.18 bits per heavy atom. The van der Waals surface area contributed by atoms with Crippen molar-refractivity contribution in [1.82, 2.24) is 9.47 Å².